The normalized spacial score (nSPS) is 21.8. The van der Waals surface area contributed by atoms with Crippen molar-refractivity contribution in [2.75, 3.05) is 24.7 Å². The lowest BCUT2D eigenvalue weighted by Crippen LogP contribution is -2.44. The second-order valence-electron chi connectivity index (χ2n) is 3.58. The number of morpholine rings is 1. The van der Waals surface area contributed by atoms with Crippen molar-refractivity contribution in [1.82, 2.24) is 4.98 Å². The first-order chi connectivity index (χ1) is 7.16. The van der Waals surface area contributed by atoms with E-state index < -0.39 is 0 Å². The van der Waals surface area contributed by atoms with Crippen molar-refractivity contribution in [3.05, 3.63) is 22.3 Å². The van der Waals surface area contributed by atoms with Crippen LogP contribution in [-0.4, -0.2) is 30.8 Å². The fourth-order valence-corrected chi connectivity index (χ4v) is 2.13. The van der Waals surface area contributed by atoms with Crippen LogP contribution in [0.25, 0.3) is 0 Å². The predicted octanol–water partition coefficient (Wildman–Crippen LogP) is 2.61. The SMILES string of the molecule is C[C@@H]1COCCN1c1cc(Cl)cc(Cl)n1. The molecule has 0 radical (unpaired) electrons. The van der Waals surface area contributed by atoms with E-state index in [-0.39, 0.29) is 0 Å². The summed E-state index contributed by atoms with van der Waals surface area (Å²) in [5.74, 6) is 0.823. The highest BCUT2D eigenvalue weighted by molar-refractivity contribution is 6.34. The van der Waals surface area contributed by atoms with E-state index in [0.717, 1.165) is 19.0 Å². The first-order valence-corrected chi connectivity index (χ1v) is 5.60. The van der Waals surface area contributed by atoms with Crippen LogP contribution in [0.4, 0.5) is 5.82 Å². The third-order valence-corrected chi connectivity index (χ3v) is 2.82. The van der Waals surface area contributed by atoms with Gasteiger partial charge in [-0.3, -0.25) is 0 Å². The molecule has 0 spiro atoms. The first-order valence-electron chi connectivity index (χ1n) is 4.84. The van der Waals surface area contributed by atoms with Crippen LogP contribution < -0.4 is 4.90 Å². The van der Waals surface area contributed by atoms with Crippen LogP contribution in [0, 0.1) is 0 Å². The molecule has 0 unspecified atom stereocenters. The summed E-state index contributed by atoms with van der Waals surface area (Å²) in [5, 5.41) is 1.04. The van der Waals surface area contributed by atoms with E-state index in [0.29, 0.717) is 22.8 Å². The molecule has 3 nitrogen and oxygen atoms in total. The molecule has 0 aliphatic carbocycles. The minimum absolute atomic E-state index is 0.306. The van der Waals surface area contributed by atoms with Crippen molar-refractivity contribution >= 4 is 29.0 Å². The number of anilines is 1. The van der Waals surface area contributed by atoms with E-state index in [1.165, 1.54) is 0 Å². The second kappa shape index (κ2) is 4.56. The number of hydrogen-bond acceptors (Lipinski definition) is 3. The average molecular weight is 247 g/mol. The summed E-state index contributed by atoms with van der Waals surface area (Å²) in [6, 6.07) is 3.77. The highest BCUT2D eigenvalue weighted by Crippen LogP contribution is 2.24. The summed E-state index contributed by atoms with van der Waals surface area (Å²) in [7, 11) is 0. The molecule has 0 bridgehead atoms. The molecule has 1 fully saturated rings. The zero-order chi connectivity index (χ0) is 10.8. The van der Waals surface area contributed by atoms with Gasteiger partial charge < -0.3 is 9.64 Å². The van der Waals surface area contributed by atoms with E-state index in [1.54, 1.807) is 6.07 Å². The Kier molecular flexibility index (Phi) is 3.34. The van der Waals surface area contributed by atoms with Crippen molar-refractivity contribution in [2.24, 2.45) is 0 Å². The van der Waals surface area contributed by atoms with Crippen LogP contribution in [0.2, 0.25) is 10.2 Å². The van der Waals surface area contributed by atoms with Gasteiger partial charge in [-0.25, -0.2) is 4.98 Å². The van der Waals surface area contributed by atoms with Crippen LogP contribution >= 0.6 is 23.2 Å². The maximum atomic E-state index is 5.93. The number of halogens is 2. The summed E-state index contributed by atoms with van der Waals surface area (Å²) in [4.78, 5) is 6.41. The number of aromatic nitrogens is 1. The number of ether oxygens (including phenoxy) is 1. The van der Waals surface area contributed by atoms with E-state index in [4.69, 9.17) is 27.9 Å². The quantitative estimate of drug-likeness (QED) is 0.713. The average Bonchev–Trinajstić information content (AvgIpc) is 2.16. The number of pyridine rings is 1. The molecule has 0 aromatic carbocycles. The smallest absolute Gasteiger partial charge is 0.132 e. The molecule has 2 rings (SSSR count). The molecule has 1 aromatic rings. The molecule has 0 N–H and O–H groups in total. The van der Waals surface area contributed by atoms with E-state index >= 15 is 0 Å². The van der Waals surface area contributed by atoms with Gasteiger partial charge in [0.25, 0.3) is 0 Å². The highest BCUT2D eigenvalue weighted by atomic mass is 35.5. The van der Waals surface area contributed by atoms with Crippen LogP contribution in [0.15, 0.2) is 12.1 Å². The summed E-state index contributed by atoms with van der Waals surface area (Å²) >= 11 is 11.8. The Morgan fingerprint density at radius 2 is 2.27 bits per heavy atom. The molecule has 15 heavy (non-hydrogen) atoms. The van der Waals surface area contributed by atoms with Gasteiger partial charge >= 0.3 is 0 Å². The molecule has 1 aliphatic heterocycles. The predicted molar refractivity (Wildman–Crippen MR) is 61.9 cm³/mol. The van der Waals surface area contributed by atoms with E-state index in [1.807, 2.05) is 6.07 Å². The zero-order valence-corrected chi connectivity index (χ0v) is 9.92. The topological polar surface area (TPSA) is 25.4 Å². The summed E-state index contributed by atoms with van der Waals surface area (Å²) in [6.07, 6.45) is 0. The van der Waals surface area contributed by atoms with Gasteiger partial charge in [0.2, 0.25) is 0 Å². The number of rotatable bonds is 1. The van der Waals surface area contributed by atoms with Crippen molar-refractivity contribution in [1.29, 1.82) is 0 Å². The Hall–Kier alpha value is -0.510. The Morgan fingerprint density at radius 3 is 2.93 bits per heavy atom. The molecule has 0 amide bonds. The molecule has 0 saturated carbocycles. The molecule has 1 saturated heterocycles. The number of hydrogen-bond donors (Lipinski definition) is 0. The van der Waals surface area contributed by atoms with Gasteiger partial charge in [0.15, 0.2) is 0 Å². The minimum atomic E-state index is 0.306. The highest BCUT2D eigenvalue weighted by Gasteiger charge is 2.20. The van der Waals surface area contributed by atoms with Crippen LogP contribution in [0.5, 0.6) is 0 Å². The number of nitrogens with zero attached hydrogens (tertiary/aromatic N) is 2. The standard InChI is InChI=1S/C10H12Cl2N2O/c1-7-6-15-3-2-14(7)10-5-8(11)4-9(12)13-10/h4-5,7H,2-3,6H2,1H3/t7-/m1/s1. The van der Waals surface area contributed by atoms with Gasteiger partial charge in [-0.2, -0.15) is 0 Å². The first kappa shape index (κ1) is 11.0. The lowest BCUT2D eigenvalue weighted by atomic mass is 10.2. The monoisotopic (exact) mass is 246 g/mol. The summed E-state index contributed by atoms with van der Waals surface area (Å²) in [5.41, 5.74) is 0. The molecule has 2 heterocycles. The van der Waals surface area contributed by atoms with Crippen LogP contribution in [0.3, 0.4) is 0 Å². The summed E-state index contributed by atoms with van der Waals surface area (Å²) < 4.78 is 5.36. The van der Waals surface area contributed by atoms with Gasteiger partial charge in [-0.1, -0.05) is 23.2 Å². The van der Waals surface area contributed by atoms with Crippen molar-refractivity contribution < 1.29 is 4.74 Å². The zero-order valence-electron chi connectivity index (χ0n) is 8.41. The fourth-order valence-electron chi connectivity index (χ4n) is 1.67. The van der Waals surface area contributed by atoms with Gasteiger partial charge in [-0.05, 0) is 19.1 Å². The van der Waals surface area contributed by atoms with Gasteiger partial charge in [0, 0.05) is 11.6 Å². The third-order valence-electron chi connectivity index (χ3n) is 2.41. The summed E-state index contributed by atoms with van der Waals surface area (Å²) in [6.45, 7) is 4.35. The molecule has 82 valence electrons. The molecule has 5 heteroatoms. The lowest BCUT2D eigenvalue weighted by molar-refractivity contribution is 0.0985. The van der Waals surface area contributed by atoms with Gasteiger partial charge in [-0.15, -0.1) is 0 Å². The molecule has 1 aromatic heterocycles. The fraction of sp³-hybridized carbons (Fsp3) is 0.500. The maximum Gasteiger partial charge on any atom is 0.132 e. The van der Waals surface area contributed by atoms with Crippen molar-refractivity contribution in [2.45, 2.75) is 13.0 Å². The Balaban J connectivity index is 2.27. The second-order valence-corrected chi connectivity index (χ2v) is 4.41. The largest absolute Gasteiger partial charge is 0.377 e. The lowest BCUT2D eigenvalue weighted by Gasteiger charge is -2.34. The molecular weight excluding hydrogens is 235 g/mol. The minimum Gasteiger partial charge on any atom is -0.377 e. The molecule has 1 atom stereocenters. The van der Waals surface area contributed by atoms with Crippen molar-refractivity contribution in [3.8, 4) is 0 Å². The van der Waals surface area contributed by atoms with Gasteiger partial charge in [0.05, 0.1) is 19.3 Å². The van der Waals surface area contributed by atoms with E-state index in [9.17, 15) is 0 Å². The maximum absolute atomic E-state index is 5.93. The van der Waals surface area contributed by atoms with Crippen LogP contribution in [-0.2, 0) is 4.74 Å². The Morgan fingerprint density at radius 1 is 1.47 bits per heavy atom. The van der Waals surface area contributed by atoms with Crippen molar-refractivity contribution in [3.63, 3.8) is 0 Å². The Bertz CT molecular complexity index is 339. The molecular formula is C10H12Cl2N2O. The Labute approximate surface area is 98.9 Å². The van der Waals surface area contributed by atoms with E-state index in [2.05, 4.69) is 16.8 Å². The van der Waals surface area contributed by atoms with Gasteiger partial charge in [0.1, 0.15) is 11.0 Å². The molecule has 1 aliphatic rings. The van der Waals surface area contributed by atoms with Crippen LogP contribution in [0.1, 0.15) is 6.92 Å². The third kappa shape index (κ3) is 2.54.